The van der Waals surface area contributed by atoms with Crippen LogP contribution < -0.4 is 0 Å². The summed E-state index contributed by atoms with van der Waals surface area (Å²) in [7, 11) is 0. The van der Waals surface area contributed by atoms with Crippen LogP contribution in [0.1, 0.15) is 18.7 Å². The molecule has 0 fully saturated rings. The van der Waals surface area contributed by atoms with Crippen LogP contribution in [-0.2, 0) is 0 Å². The molecule has 0 aliphatic heterocycles. The normalized spacial score (nSPS) is 13.5. The summed E-state index contributed by atoms with van der Waals surface area (Å²) in [5.41, 5.74) is 8.48. The predicted octanol–water partition coefficient (Wildman–Crippen LogP) is 9.93. The third-order valence-electron chi connectivity index (χ3n) is 8.58. The second-order valence-corrected chi connectivity index (χ2v) is 11.2. The van der Waals surface area contributed by atoms with Gasteiger partial charge in [-0.3, -0.25) is 0 Å². The Labute approximate surface area is 253 Å². The van der Waals surface area contributed by atoms with Crippen LogP contribution in [0.5, 0.6) is 0 Å². The van der Waals surface area contributed by atoms with E-state index in [-0.39, 0.29) is 0 Å². The Hall–Kier alpha value is -5.81. The summed E-state index contributed by atoms with van der Waals surface area (Å²) in [6.45, 7) is 0. The van der Waals surface area contributed by atoms with Gasteiger partial charge in [-0.1, -0.05) is 103 Å². The number of aromatic nitrogens is 4. The Kier molecular flexibility index (Phi) is 5.56. The second kappa shape index (κ2) is 9.89. The molecule has 44 heavy (non-hydrogen) atoms. The molecule has 0 spiro atoms. The highest BCUT2D eigenvalue weighted by Gasteiger charge is 2.22. The third kappa shape index (κ3) is 3.90. The maximum absolute atomic E-state index is 6.30. The molecule has 8 aromatic rings. The van der Waals surface area contributed by atoms with Crippen LogP contribution in [0.4, 0.5) is 0 Å². The van der Waals surface area contributed by atoms with E-state index in [2.05, 4.69) is 65.3 Å². The number of rotatable bonds is 4. The van der Waals surface area contributed by atoms with Gasteiger partial charge in [-0.2, -0.15) is 0 Å². The molecule has 208 valence electrons. The van der Waals surface area contributed by atoms with Gasteiger partial charge in [0.15, 0.2) is 17.5 Å². The molecule has 0 N–H and O–H groups in total. The molecule has 0 saturated heterocycles. The lowest BCUT2D eigenvalue weighted by Crippen LogP contribution is -2.06. The van der Waals surface area contributed by atoms with Crippen molar-refractivity contribution in [2.24, 2.45) is 0 Å². The lowest BCUT2D eigenvalue weighted by atomic mass is 10.0. The molecule has 0 amide bonds. The van der Waals surface area contributed by atoms with Crippen molar-refractivity contribution in [2.45, 2.75) is 12.8 Å². The first-order valence-electron chi connectivity index (χ1n) is 14.9. The second-order valence-electron chi connectivity index (χ2n) is 11.2. The van der Waals surface area contributed by atoms with Gasteiger partial charge < -0.3 is 8.98 Å². The zero-order valence-electron chi connectivity index (χ0n) is 23.8. The summed E-state index contributed by atoms with van der Waals surface area (Å²) in [5, 5.41) is 4.76. The highest BCUT2D eigenvalue weighted by molar-refractivity contribution is 6.24. The molecule has 9 rings (SSSR count). The summed E-state index contributed by atoms with van der Waals surface area (Å²) in [6, 6.07) is 41.6. The minimum absolute atomic E-state index is 0.682. The van der Waals surface area contributed by atoms with Crippen LogP contribution in [0.25, 0.3) is 77.8 Å². The van der Waals surface area contributed by atoms with Gasteiger partial charge in [-0.15, -0.1) is 0 Å². The van der Waals surface area contributed by atoms with E-state index >= 15 is 0 Å². The van der Waals surface area contributed by atoms with Gasteiger partial charge >= 0.3 is 0 Å². The summed E-state index contributed by atoms with van der Waals surface area (Å²) in [5.74, 6) is 2.09. The Morgan fingerprint density at radius 3 is 1.84 bits per heavy atom. The van der Waals surface area contributed by atoms with Gasteiger partial charge in [0.1, 0.15) is 11.2 Å². The Balaban J connectivity index is 1.23. The molecule has 5 nitrogen and oxygen atoms in total. The fourth-order valence-electron chi connectivity index (χ4n) is 6.51. The van der Waals surface area contributed by atoms with E-state index in [9.17, 15) is 0 Å². The van der Waals surface area contributed by atoms with Crippen molar-refractivity contribution < 1.29 is 4.42 Å². The fourth-order valence-corrected chi connectivity index (χ4v) is 6.51. The van der Waals surface area contributed by atoms with E-state index in [0.717, 1.165) is 57.3 Å². The van der Waals surface area contributed by atoms with Gasteiger partial charge in [-0.25, -0.2) is 15.0 Å². The first kappa shape index (κ1) is 24.8. The van der Waals surface area contributed by atoms with Crippen molar-refractivity contribution in [2.75, 3.05) is 0 Å². The average Bonchev–Trinajstić information content (AvgIpc) is 3.65. The number of allylic oxidation sites excluding steroid dienone is 4. The maximum atomic E-state index is 6.30. The van der Waals surface area contributed by atoms with Crippen LogP contribution in [0, 0.1) is 0 Å². The summed E-state index contributed by atoms with van der Waals surface area (Å²) < 4.78 is 8.73. The molecule has 0 bridgehead atoms. The molecule has 0 radical (unpaired) electrons. The number of benzene rings is 5. The quantitative estimate of drug-likeness (QED) is 0.213. The zero-order valence-corrected chi connectivity index (χ0v) is 23.8. The van der Waals surface area contributed by atoms with Crippen molar-refractivity contribution in [3.8, 4) is 22.8 Å². The minimum atomic E-state index is 0.682. The topological polar surface area (TPSA) is 56.7 Å². The van der Waals surface area contributed by atoms with Gasteiger partial charge in [-0.05, 0) is 48.8 Å². The highest BCUT2D eigenvalue weighted by Crippen LogP contribution is 2.42. The van der Waals surface area contributed by atoms with Gasteiger partial charge in [0.05, 0.1) is 16.4 Å². The lowest BCUT2D eigenvalue weighted by Gasteiger charge is -2.18. The number of nitrogens with zero attached hydrogens (tertiary/aromatic N) is 4. The molecule has 5 aromatic carbocycles. The number of para-hydroxylation sites is 2. The maximum Gasteiger partial charge on any atom is 0.164 e. The number of hydrogen-bond acceptors (Lipinski definition) is 4. The predicted molar refractivity (Wildman–Crippen MR) is 179 cm³/mol. The van der Waals surface area contributed by atoms with Crippen molar-refractivity contribution in [3.63, 3.8) is 0 Å². The molecule has 3 heterocycles. The van der Waals surface area contributed by atoms with E-state index in [1.54, 1.807) is 0 Å². The van der Waals surface area contributed by atoms with Crippen LogP contribution in [0.2, 0.25) is 0 Å². The van der Waals surface area contributed by atoms with Crippen LogP contribution in [0.15, 0.2) is 138 Å². The Morgan fingerprint density at radius 1 is 0.500 bits per heavy atom. The Bertz CT molecular complexity index is 2370. The zero-order chi connectivity index (χ0) is 29.0. The van der Waals surface area contributed by atoms with Crippen molar-refractivity contribution in [3.05, 3.63) is 139 Å². The molecule has 5 heteroatoms. The van der Waals surface area contributed by atoms with Crippen molar-refractivity contribution in [1.82, 2.24) is 19.5 Å². The number of fused-ring (bicyclic) bond motifs is 7. The standard InChI is InChI=1S/C39H26N4O/c1-3-11-25(12-4-1)37-40-38(26-13-5-2-6-14-26)42-39(41-37)27-19-21-28(22-20-27)43-32-17-9-7-15-29(32)30-23-24-34-35(36(30)43)31-16-8-10-18-33(31)44-34/h1-19,21,23-24H,20,22H2. The van der Waals surface area contributed by atoms with Crippen LogP contribution in [-0.4, -0.2) is 19.5 Å². The SMILES string of the molecule is C1=C(c2nc(-c3ccccc3)nc(-c3ccccc3)n2)CCC(n2c3ccccc3c3ccc4oc5ccccc5c4c32)=C1. The summed E-state index contributed by atoms with van der Waals surface area (Å²) >= 11 is 0. The first-order chi connectivity index (χ1) is 21.8. The molecule has 0 unspecified atom stereocenters. The van der Waals surface area contributed by atoms with Gasteiger partial charge in [0.2, 0.25) is 0 Å². The third-order valence-corrected chi connectivity index (χ3v) is 8.58. The average molecular weight is 567 g/mol. The molecule has 0 saturated carbocycles. The first-order valence-corrected chi connectivity index (χ1v) is 14.9. The molecular formula is C39H26N4O. The summed E-state index contributed by atoms with van der Waals surface area (Å²) in [4.78, 5) is 14.8. The van der Waals surface area contributed by atoms with Crippen molar-refractivity contribution >= 4 is 55.0 Å². The largest absolute Gasteiger partial charge is 0.456 e. The van der Waals surface area contributed by atoms with Gasteiger partial charge in [0, 0.05) is 33.0 Å². The van der Waals surface area contributed by atoms with Crippen molar-refractivity contribution in [1.29, 1.82) is 0 Å². The van der Waals surface area contributed by atoms with E-state index in [4.69, 9.17) is 19.4 Å². The minimum Gasteiger partial charge on any atom is -0.456 e. The van der Waals surface area contributed by atoms with Crippen LogP contribution in [0.3, 0.4) is 0 Å². The Morgan fingerprint density at radius 2 is 1.14 bits per heavy atom. The van der Waals surface area contributed by atoms with E-state index in [0.29, 0.717) is 11.6 Å². The van der Waals surface area contributed by atoms with E-state index in [1.165, 1.54) is 27.5 Å². The highest BCUT2D eigenvalue weighted by atomic mass is 16.3. The molecule has 1 aliphatic carbocycles. The molecule has 1 aliphatic rings. The fraction of sp³-hybridized carbons (Fsp3) is 0.0513. The van der Waals surface area contributed by atoms with E-state index in [1.807, 2.05) is 72.8 Å². The monoisotopic (exact) mass is 566 g/mol. The lowest BCUT2D eigenvalue weighted by molar-refractivity contribution is 0.669. The summed E-state index contributed by atoms with van der Waals surface area (Å²) in [6.07, 6.45) is 6.08. The number of hydrogen-bond donors (Lipinski definition) is 0. The van der Waals surface area contributed by atoms with E-state index < -0.39 is 0 Å². The molecule has 3 aromatic heterocycles. The van der Waals surface area contributed by atoms with Crippen LogP contribution >= 0.6 is 0 Å². The van der Waals surface area contributed by atoms with Gasteiger partial charge in [0.25, 0.3) is 0 Å². The smallest absolute Gasteiger partial charge is 0.164 e. The number of furan rings is 1. The molecule has 0 atom stereocenters. The molecular weight excluding hydrogens is 540 g/mol.